The number of aryl methyl sites for hydroxylation is 1. The Morgan fingerprint density at radius 1 is 0.933 bits per heavy atom. The quantitative estimate of drug-likeness (QED) is 0.446. The molecule has 0 aromatic heterocycles. The van der Waals surface area contributed by atoms with Gasteiger partial charge >= 0.3 is 0 Å². The van der Waals surface area contributed by atoms with Gasteiger partial charge in [0, 0.05) is 5.69 Å². The zero-order valence-corrected chi connectivity index (χ0v) is 16.7. The van der Waals surface area contributed by atoms with Gasteiger partial charge in [-0.15, -0.1) is 0 Å². The predicted octanol–water partition coefficient (Wildman–Crippen LogP) is 3.71. The molecule has 6 nitrogen and oxygen atoms in total. The molecule has 3 aromatic rings. The van der Waals surface area contributed by atoms with E-state index in [9.17, 15) is 9.59 Å². The predicted molar refractivity (Wildman–Crippen MR) is 118 cm³/mol. The van der Waals surface area contributed by atoms with Crippen LogP contribution in [0, 0.1) is 6.92 Å². The Balaban J connectivity index is 1.42. The number of nitrogens with one attached hydrogen (secondary N) is 2. The molecule has 152 valence electrons. The Labute approximate surface area is 175 Å². The van der Waals surface area contributed by atoms with Crippen LogP contribution in [0.3, 0.4) is 0 Å². The maximum absolute atomic E-state index is 12.0. The average molecular weight is 401 g/mol. The van der Waals surface area contributed by atoms with Gasteiger partial charge in [0.15, 0.2) is 6.61 Å². The lowest BCUT2D eigenvalue weighted by Crippen LogP contribution is -2.20. The molecule has 3 aromatic carbocycles. The summed E-state index contributed by atoms with van der Waals surface area (Å²) in [7, 11) is 0. The summed E-state index contributed by atoms with van der Waals surface area (Å²) in [5.74, 6) is 0.157. The van der Waals surface area contributed by atoms with Crippen LogP contribution in [0.4, 0.5) is 5.69 Å². The lowest BCUT2D eigenvalue weighted by Gasteiger charge is -2.08. The van der Waals surface area contributed by atoms with Gasteiger partial charge < -0.3 is 10.1 Å². The van der Waals surface area contributed by atoms with Crippen molar-refractivity contribution in [1.29, 1.82) is 0 Å². The van der Waals surface area contributed by atoms with Crippen molar-refractivity contribution in [2.75, 3.05) is 11.9 Å². The second-order valence-corrected chi connectivity index (χ2v) is 6.73. The topological polar surface area (TPSA) is 79.8 Å². The summed E-state index contributed by atoms with van der Waals surface area (Å²) >= 11 is 0. The third kappa shape index (κ3) is 6.91. The second-order valence-electron chi connectivity index (χ2n) is 6.73. The van der Waals surface area contributed by atoms with E-state index in [1.165, 1.54) is 0 Å². The molecule has 0 saturated heterocycles. The number of amides is 2. The van der Waals surface area contributed by atoms with Crippen molar-refractivity contribution in [1.82, 2.24) is 5.43 Å². The van der Waals surface area contributed by atoms with E-state index in [0.29, 0.717) is 5.75 Å². The molecule has 0 aliphatic rings. The number of benzene rings is 3. The molecule has 30 heavy (non-hydrogen) atoms. The zero-order valence-electron chi connectivity index (χ0n) is 16.7. The highest BCUT2D eigenvalue weighted by Gasteiger charge is 2.04. The van der Waals surface area contributed by atoms with Crippen molar-refractivity contribution in [3.8, 4) is 5.75 Å². The molecule has 0 bridgehead atoms. The number of hydrogen-bond acceptors (Lipinski definition) is 4. The average Bonchev–Trinajstić information content (AvgIpc) is 2.74. The Morgan fingerprint density at radius 2 is 1.70 bits per heavy atom. The van der Waals surface area contributed by atoms with Crippen LogP contribution in [-0.4, -0.2) is 24.6 Å². The Bertz CT molecular complexity index is 1020. The van der Waals surface area contributed by atoms with Crippen LogP contribution in [0.1, 0.15) is 16.7 Å². The number of ether oxygens (including phenoxy) is 1. The second kappa shape index (κ2) is 10.6. The van der Waals surface area contributed by atoms with Crippen LogP contribution < -0.4 is 15.5 Å². The highest BCUT2D eigenvalue weighted by Crippen LogP contribution is 2.12. The van der Waals surface area contributed by atoms with Gasteiger partial charge in [0.25, 0.3) is 5.91 Å². The highest BCUT2D eigenvalue weighted by atomic mass is 16.5. The number of nitrogens with zero attached hydrogens (tertiary/aromatic N) is 1. The fourth-order valence-corrected chi connectivity index (χ4v) is 2.72. The standard InChI is InChI=1S/C24H23N3O3/c1-18-6-5-9-21(14-18)26-24(29)17-30-22-12-10-20(11-13-22)16-25-27-23(28)15-19-7-3-2-4-8-19/h2-14,16H,15,17H2,1H3,(H,26,29)(H,27,28)/b25-16-. The minimum absolute atomic E-state index is 0.0864. The van der Waals surface area contributed by atoms with Crippen LogP contribution in [-0.2, 0) is 16.0 Å². The van der Waals surface area contributed by atoms with E-state index in [0.717, 1.165) is 22.4 Å². The molecular formula is C24H23N3O3. The van der Waals surface area contributed by atoms with Crippen molar-refractivity contribution in [3.05, 3.63) is 95.6 Å². The minimum Gasteiger partial charge on any atom is -0.484 e. The summed E-state index contributed by atoms with van der Waals surface area (Å²) < 4.78 is 5.51. The zero-order chi connectivity index (χ0) is 21.2. The number of hydrogen-bond donors (Lipinski definition) is 2. The first-order valence-electron chi connectivity index (χ1n) is 9.54. The Morgan fingerprint density at radius 3 is 2.43 bits per heavy atom. The van der Waals surface area contributed by atoms with Crippen molar-refractivity contribution in [2.24, 2.45) is 5.10 Å². The minimum atomic E-state index is -0.229. The largest absolute Gasteiger partial charge is 0.484 e. The lowest BCUT2D eigenvalue weighted by molar-refractivity contribution is -0.120. The van der Waals surface area contributed by atoms with E-state index >= 15 is 0 Å². The molecule has 0 aliphatic heterocycles. The van der Waals surface area contributed by atoms with Crippen LogP contribution in [0.2, 0.25) is 0 Å². The Hall–Kier alpha value is -3.93. The summed E-state index contributed by atoms with van der Waals surface area (Å²) in [6, 6.07) is 24.1. The SMILES string of the molecule is Cc1cccc(NC(=O)COc2ccc(/C=N\NC(=O)Cc3ccccc3)cc2)c1. The van der Waals surface area contributed by atoms with E-state index in [-0.39, 0.29) is 24.8 Å². The summed E-state index contributed by atoms with van der Waals surface area (Å²) in [5.41, 5.74) is 6.05. The summed E-state index contributed by atoms with van der Waals surface area (Å²) in [6.07, 6.45) is 1.83. The first-order chi connectivity index (χ1) is 14.6. The van der Waals surface area contributed by atoms with E-state index in [4.69, 9.17) is 4.74 Å². The summed E-state index contributed by atoms with van der Waals surface area (Å²) in [6.45, 7) is 1.88. The molecule has 2 amide bonds. The van der Waals surface area contributed by atoms with Crippen LogP contribution in [0.25, 0.3) is 0 Å². The van der Waals surface area contributed by atoms with Gasteiger partial charge in [0.05, 0.1) is 12.6 Å². The number of carbonyl (C=O) groups is 2. The van der Waals surface area contributed by atoms with Gasteiger partial charge in [-0.1, -0.05) is 42.5 Å². The van der Waals surface area contributed by atoms with Gasteiger partial charge in [-0.05, 0) is 60.0 Å². The van der Waals surface area contributed by atoms with Crippen molar-refractivity contribution in [3.63, 3.8) is 0 Å². The Kier molecular flexibility index (Phi) is 7.33. The van der Waals surface area contributed by atoms with E-state index in [1.54, 1.807) is 30.5 Å². The van der Waals surface area contributed by atoms with Gasteiger partial charge in [-0.2, -0.15) is 5.10 Å². The molecule has 3 rings (SSSR count). The highest BCUT2D eigenvalue weighted by molar-refractivity contribution is 5.92. The van der Waals surface area contributed by atoms with Crippen molar-refractivity contribution < 1.29 is 14.3 Å². The fourth-order valence-electron chi connectivity index (χ4n) is 2.72. The monoisotopic (exact) mass is 401 g/mol. The van der Waals surface area contributed by atoms with Crippen LogP contribution in [0.5, 0.6) is 5.75 Å². The molecule has 0 unspecified atom stereocenters. The summed E-state index contributed by atoms with van der Waals surface area (Å²) in [4.78, 5) is 23.9. The molecule has 6 heteroatoms. The molecule has 2 N–H and O–H groups in total. The van der Waals surface area contributed by atoms with Gasteiger partial charge in [-0.25, -0.2) is 5.43 Å². The molecule has 0 atom stereocenters. The molecule has 0 saturated carbocycles. The van der Waals surface area contributed by atoms with Gasteiger partial charge in [0.1, 0.15) is 5.75 Å². The number of anilines is 1. The third-order valence-corrected chi connectivity index (χ3v) is 4.16. The maximum atomic E-state index is 12.0. The number of hydrazone groups is 1. The van der Waals surface area contributed by atoms with E-state index in [1.807, 2.05) is 61.5 Å². The fraction of sp³-hybridized carbons (Fsp3) is 0.125. The van der Waals surface area contributed by atoms with Crippen LogP contribution in [0.15, 0.2) is 84.0 Å². The van der Waals surface area contributed by atoms with Crippen molar-refractivity contribution in [2.45, 2.75) is 13.3 Å². The molecular weight excluding hydrogens is 378 g/mol. The van der Waals surface area contributed by atoms with Crippen molar-refractivity contribution >= 4 is 23.7 Å². The van der Waals surface area contributed by atoms with E-state index in [2.05, 4.69) is 15.8 Å². The smallest absolute Gasteiger partial charge is 0.262 e. The molecule has 0 radical (unpaired) electrons. The number of rotatable bonds is 8. The summed E-state index contributed by atoms with van der Waals surface area (Å²) in [5, 5.41) is 6.76. The first-order valence-corrected chi connectivity index (χ1v) is 9.54. The number of carbonyl (C=O) groups excluding carboxylic acids is 2. The maximum Gasteiger partial charge on any atom is 0.262 e. The molecule has 0 aliphatic carbocycles. The van der Waals surface area contributed by atoms with E-state index < -0.39 is 0 Å². The normalized spacial score (nSPS) is 10.6. The lowest BCUT2D eigenvalue weighted by atomic mass is 10.1. The van der Waals surface area contributed by atoms with Gasteiger partial charge in [0.2, 0.25) is 5.91 Å². The molecule has 0 fully saturated rings. The molecule has 0 heterocycles. The third-order valence-electron chi connectivity index (χ3n) is 4.16. The van der Waals surface area contributed by atoms with Crippen LogP contribution >= 0.6 is 0 Å². The molecule has 0 spiro atoms. The first kappa shape index (κ1) is 20.8. The van der Waals surface area contributed by atoms with Gasteiger partial charge in [-0.3, -0.25) is 9.59 Å².